The predicted octanol–water partition coefficient (Wildman–Crippen LogP) is 4.38. The van der Waals surface area contributed by atoms with E-state index in [-0.39, 0.29) is 0 Å². The summed E-state index contributed by atoms with van der Waals surface area (Å²) in [5, 5.41) is 2.75. The molecular weight excluding hydrogens is 518 g/mol. The fourth-order valence-corrected chi connectivity index (χ4v) is 1.83. The molecule has 4 nitrogen and oxygen atoms in total. The van der Waals surface area contributed by atoms with Crippen molar-refractivity contribution in [3.05, 3.63) is 0 Å². The van der Waals surface area contributed by atoms with Gasteiger partial charge in [-0.15, -0.1) is 0 Å². The van der Waals surface area contributed by atoms with Crippen LogP contribution in [0.2, 0.25) is 0 Å². The van der Waals surface area contributed by atoms with Gasteiger partial charge in [0.2, 0.25) is 0 Å². The zero-order chi connectivity index (χ0) is 26.3. The number of alkyl halides is 16. The van der Waals surface area contributed by atoms with Crippen LogP contribution >= 0.6 is 0 Å². The average molecular weight is 527 g/mol. The highest BCUT2D eigenvalue weighted by atomic mass is 32.2. The number of nitrogens with one attached hydrogen (secondary N) is 1. The third kappa shape index (κ3) is 4.91. The minimum atomic E-state index is -8.68. The molecule has 31 heavy (non-hydrogen) atoms. The lowest BCUT2D eigenvalue weighted by atomic mass is 9.91. The molecule has 2 N–H and O–H groups in total. The van der Waals surface area contributed by atoms with Crippen LogP contribution in [0.5, 0.6) is 0 Å². The van der Waals surface area contributed by atoms with Gasteiger partial charge in [-0.1, -0.05) is 0 Å². The largest absolute Gasteiger partial charge is 0.460 e. The van der Waals surface area contributed by atoms with Crippen LogP contribution in [0.3, 0.4) is 0 Å². The first kappa shape index (κ1) is 31.9. The first-order chi connectivity index (χ1) is 13.1. The smallest absolute Gasteiger partial charge is 0.323 e. The molecule has 0 spiro atoms. The van der Waals surface area contributed by atoms with E-state index in [9.17, 15) is 78.7 Å². The van der Waals surface area contributed by atoms with E-state index in [0.29, 0.717) is 0 Å². The van der Waals surface area contributed by atoms with E-state index in [4.69, 9.17) is 4.55 Å². The highest BCUT2D eigenvalue weighted by Crippen LogP contribution is 2.62. The van der Waals surface area contributed by atoms with Crippen LogP contribution in [-0.2, 0) is 10.1 Å². The molecule has 0 bridgehead atoms. The summed E-state index contributed by atoms with van der Waals surface area (Å²) in [6, 6.07) is 0. The van der Waals surface area contributed by atoms with Crippen LogP contribution in [-0.4, -0.2) is 74.3 Å². The molecular formula is C10H9F16NO3S. The van der Waals surface area contributed by atoms with Crippen LogP contribution in [0.4, 0.5) is 70.2 Å². The van der Waals surface area contributed by atoms with Crippen molar-refractivity contribution in [1.29, 1.82) is 0 Å². The normalized spacial score (nSPS) is 16.5. The van der Waals surface area contributed by atoms with E-state index in [1.807, 2.05) is 14.1 Å². The van der Waals surface area contributed by atoms with Gasteiger partial charge in [0.25, 0.3) is 5.50 Å². The van der Waals surface area contributed by atoms with Crippen molar-refractivity contribution in [2.24, 2.45) is 0 Å². The lowest BCUT2D eigenvalue weighted by Crippen LogP contribution is -2.73. The SMILES string of the molecule is CNC.O=S(=O)(O)C(F)C(F)(F)C(F)(F)C(F)(F)C(F)(F)C(F)(F)C(F)(F)C(F)(F)F. The first-order valence-electron chi connectivity index (χ1n) is 6.59. The van der Waals surface area contributed by atoms with Crippen LogP contribution in [0.1, 0.15) is 0 Å². The Morgan fingerprint density at radius 1 is 0.613 bits per heavy atom. The second-order valence-electron chi connectivity index (χ2n) is 5.32. The van der Waals surface area contributed by atoms with Crippen LogP contribution in [0.25, 0.3) is 0 Å². The van der Waals surface area contributed by atoms with E-state index < -0.39 is 57.3 Å². The lowest BCUT2D eigenvalue weighted by Gasteiger charge is -2.41. The van der Waals surface area contributed by atoms with Crippen LogP contribution in [0.15, 0.2) is 0 Å². The average Bonchev–Trinajstić information content (AvgIpc) is 2.51. The minimum Gasteiger partial charge on any atom is -0.323 e. The van der Waals surface area contributed by atoms with Gasteiger partial charge in [-0.05, 0) is 14.1 Å². The summed E-state index contributed by atoms with van der Waals surface area (Å²) >= 11 is 0. The van der Waals surface area contributed by atoms with Gasteiger partial charge in [-0.2, -0.15) is 74.3 Å². The predicted molar refractivity (Wildman–Crippen MR) is 67.2 cm³/mol. The van der Waals surface area contributed by atoms with Crippen molar-refractivity contribution in [3.8, 4) is 0 Å². The van der Waals surface area contributed by atoms with Crippen molar-refractivity contribution in [2.75, 3.05) is 14.1 Å². The molecule has 21 heteroatoms. The molecule has 0 aromatic carbocycles. The Morgan fingerprint density at radius 3 is 1.06 bits per heavy atom. The Bertz CT molecular complexity index is 716. The molecule has 0 saturated carbocycles. The quantitative estimate of drug-likeness (QED) is 0.381. The molecule has 0 fully saturated rings. The monoisotopic (exact) mass is 527 g/mol. The van der Waals surface area contributed by atoms with Gasteiger partial charge >= 0.3 is 51.8 Å². The second kappa shape index (κ2) is 8.60. The van der Waals surface area contributed by atoms with E-state index in [1.54, 1.807) is 0 Å². The Morgan fingerprint density at radius 2 is 0.839 bits per heavy atom. The Balaban J connectivity index is 0. The molecule has 1 unspecified atom stereocenters. The molecule has 0 aliphatic carbocycles. The zero-order valence-electron chi connectivity index (χ0n) is 14.3. The highest BCUT2D eigenvalue weighted by Gasteiger charge is 2.94. The third-order valence-corrected chi connectivity index (χ3v) is 3.72. The Labute approximate surface area is 161 Å². The molecule has 190 valence electrons. The maximum absolute atomic E-state index is 13.0. The van der Waals surface area contributed by atoms with Gasteiger partial charge in [-0.3, -0.25) is 4.55 Å². The van der Waals surface area contributed by atoms with Crippen LogP contribution in [0, 0.1) is 0 Å². The van der Waals surface area contributed by atoms with E-state index >= 15 is 0 Å². The standard InChI is InChI=1S/C8H2F16O3S.C2H7N/c9-1(28(25,26)27)2(10,11)3(12,13)4(14,15)5(16,17)6(18,19)7(20,21)8(22,23)24;1-3-2/h1H,(H,25,26,27);3H,1-2H3. The second-order valence-corrected chi connectivity index (χ2v) is 6.77. The lowest BCUT2D eigenvalue weighted by molar-refractivity contribution is -0.453. The van der Waals surface area contributed by atoms with Gasteiger partial charge in [-0.25, -0.2) is 4.39 Å². The molecule has 0 aliphatic heterocycles. The van der Waals surface area contributed by atoms with Gasteiger partial charge in [0.05, 0.1) is 0 Å². The first-order valence-corrected chi connectivity index (χ1v) is 8.10. The molecule has 0 amide bonds. The Hall–Kier alpha value is -1.25. The molecule has 0 aliphatic rings. The van der Waals surface area contributed by atoms with Crippen molar-refractivity contribution >= 4 is 10.1 Å². The summed E-state index contributed by atoms with van der Waals surface area (Å²) < 4.78 is 230. The molecule has 0 radical (unpaired) electrons. The van der Waals surface area contributed by atoms with Gasteiger partial charge in [0, 0.05) is 0 Å². The number of rotatable bonds is 7. The van der Waals surface area contributed by atoms with Gasteiger partial charge in [0.15, 0.2) is 0 Å². The van der Waals surface area contributed by atoms with Gasteiger partial charge < -0.3 is 5.32 Å². The van der Waals surface area contributed by atoms with Crippen molar-refractivity contribution in [3.63, 3.8) is 0 Å². The summed E-state index contributed by atoms with van der Waals surface area (Å²) in [5.74, 6) is -50.1. The van der Waals surface area contributed by atoms with E-state index in [0.717, 1.165) is 0 Å². The van der Waals surface area contributed by atoms with Crippen molar-refractivity contribution < 1.29 is 83.2 Å². The molecule has 0 rings (SSSR count). The van der Waals surface area contributed by atoms with E-state index in [2.05, 4.69) is 5.32 Å². The summed E-state index contributed by atoms with van der Waals surface area (Å²) in [7, 11) is -3.38. The molecule has 0 saturated heterocycles. The molecule has 0 aromatic rings. The summed E-state index contributed by atoms with van der Waals surface area (Å²) in [6.45, 7) is 0. The summed E-state index contributed by atoms with van der Waals surface area (Å²) in [5.41, 5.74) is -5.91. The summed E-state index contributed by atoms with van der Waals surface area (Å²) in [4.78, 5) is 0. The molecule has 1 atom stereocenters. The Kier molecular flexibility index (Phi) is 8.85. The topological polar surface area (TPSA) is 66.4 Å². The molecule has 0 aromatic heterocycles. The fraction of sp³-hybridized carbons (Fsp3) is 1.00. The van der Waals surface area contributed by atoms with Crippen molar-refractivity contribution in [1.82, 2.24) is 5.32 Å². The highest BCUT2D eigenvalue weighted by molar-refractivity contribution is 7.86. The van der Waals surface area contributed by atoms with Gasteiger partial charge in [0.1, 0.15) is 0 Å². The number of hydrogen-bond donors (Lipinski definition) is 2. The third-order valence-electron chi connectivity index (χ3n) is 2.90. The van der Waals surface area contributed by atoms with E-state index in [1.165, 1.54) is 0 Å². The maximum atomic E-state index is 13.0. The zero-order valence-corrected chi connectivity index (χ0v) is 15.1. The van der Waals surface area contributed by atoms with Crippen molar-refractivity contribution in [2.45, 2.75) is 47.2 Å². The number of halogens is 16. The minimum absolute atomic E-state index is 1.88. The maximum Gasteiger partial charge on any atom is 0.460 e. The summed E-state index contributed by atoms with van der Waals surface area (Å²) in [6.07, 6.45) is -7.80. The van der Waals surface area contributed by atoms with Crippen LogP contribution < -0.4 is 5.32 Å². The fourth-order valence-electron chi connectivity index (χ4n) is 1.31. The number of hydrogen-bond acceptors (Lipinski definition) is 3. The molecule has 0 heterocycles.